The summed E-state index contributed by atoms with van der Waals surface area (Å²) >= 11 is 1.39. The summed E-state index contributed by atoms with van der Waals surface area (Å²) in [6, 6.07) is 8.52. The number of fused-ring (bicyclic) bond motifs is 1. The maximum absolute atomic E-state index is 12.0. The number of aromatic amines is 1. The number of aromatic nitrogens is 1. The first kappa shape index (κ1) is 10.0. The van der Waals surface area contributed by atoms with Crippen LogP contribution >= 0.6 is 11.3 Å². The van der Waals surface area contributed by atoms with Crippen LogP contribution in [0.5, 0.6) is 0 Å². The van der Waals surface area contributed by atoms with Gasteiger partial charge in [-0.2, -0.15) is 0 Å². The zero-order chi connectivity index (χ0) is 11.8. The van der Waals surface area contributed by atoms with E-state index in [0.29, 0.717) is 21.5 Å². The Morgan fingerprint density at radius 2 is 2.18 bits per heavy atom. The van der Waals surface area contributed by atoms with E-state index in [0.717, 1.165) is 0 Å². The second kappa shape index (κ2) is 3.71. The van der Waals surface area contributed by atoms with Gasteiger partial charge in [-0.05, 0) is 29.6 Å². The number of oxazole rings is 1. The normalized spacial score (nSPS) is 10.8. The number of H-pyrrole nitrogens is 1. The third kappa shape index (κ3) is 1.70. The van der Waals surface area contributed by atoms with E-state index < -0.39 is 5.76 Å². The molecule has 2 heterocycles. The molecule has 1 aromatic carbocycles. The molecule has 0 saturated heterocycles. The molecule has 0 aliphatic heterocycles. The van der Waals surface area contributed by atoms with E-state index in [1.165, 1.54) is 11.3 Å². The van der Waals surface area contributed by atoms with Crippen molar-refractivity contribution in [1.82, 2.24) is 4.98 Å². The molecule has 0 bridgehead atoms. The lowest BCUT2D eigenvalue weighted by atomic mass is 10.1. The van der Waals surface area contributed by atoms with Gasteiger partial charge < -0.3 is 4.42 Å². The molecule has 5 heteroatoms. The molecule has 4 nitrogen and oxygen atoms in total. The van der Waals surface area contributed by atoms with E-state index in [9.17, 15) is 9.59 Å². The first-order valence-electron chi connectivity index (χ1n) is 4.95. The van der Waals surface area contributed by atoms with Crippen LogP contribution in [0.4, 0.5) is 0 Å². The van der Waals surface area contributed by atoms with Gasteiger partial charge in [0.1, 0.15) is 0 Å². The highest BCUT2D eigenvalue weighted by Crippen LogP contribution is 2.18. The summed E-state index contributed by atoms with van der Waals surface area (Å²) in [6.45, 7) is 0. The second-order valence-electron chi connectivity index (χ2n) is 3.53. The van der Waals surface area contributed by atoms with Gasteiger partial charge in [0.2, 0.25) is 5.78 Å². The molecule has 0 radical (unpaired) electrons. The summed E-state index contributed by atoms with van der Waals surface area (Å²) in [4.78, 5) is 26.2. The van der Waals surface area contributed by atoms with Crippen molar-refractivity contribution in [2.45, 2.75) is 0 Å². The average molecular weight is 245 g/mol. The van der Waals surface area contributed by atoms with Crippen molar-refractivity contribution in [3.63, 3.8) is 0 Å². The van der Waals surface area contributed by atoms with Crippen LogP contribution in [0, 0.1) is 0 Å². The highest BCUT2D eigenvalue weighted by molar-refractivity contribution is 7.12. The number of rotatable bonds is 2. The molecular formula is C12H7NO3S. The van der Waals surface area contributed by atoms with Crippen molar-refractivity contribution in [2.24, 2.45) is 0 Å². The number of thiophene rings is 1. The smallest absolute Gasteiger partial charge is 0.408 e. The minimum atomic E-state index is -0.513. The van der Waals surface area contributed by atoms with Gasteiger partial charge in [0, 0.05) is 5.56 Å². The van der Waals surface area contributed by atoms with Gasteiger partial charge in [0.05, 0.1) is 10.4 Å². The van der Waals surface area contributed by atoms with E-state index >= 15 is 0 Å². The number of benzene rings is 1. The average Bonchev–Trinajstić information content (AvgIpc) is 2.94. The van der Waals surface area contributed by atoms with E-state index in [2.05, 4.69) is 4.98 Å². The van der Waals surface area contributed by atoms with Gasteiger partial charge in [-0.3, -0.25) is 9.78 Å². The summed E-state index contributed by atoms with van der Waals surface area (Å²) in [7, 11) is 0. The fraction of sp³-hybridized carbons (Fsp3) is 0. The van der Waals surface area contributed by atoms with Crippen LogP contribution in [0.25, 0.3) is 11.1 Å². The van der Waals surface area contributed by atoms with Gasteiger partial charge in [-0.1, -0.05) is 6.07 Å². The monoisotopic (exact) mass is 245 g/mol. The molecule has 0 fully saturated rings. The second-order valence-corrected chi connectivity index (χ2v) is 4.48. The lowest BCUT2D eigenvalue weighted by Gasteiger charge is -1.97. The molecule has 3 aromatic rings. The predicted octanol–water partition coefficient (Wildman–Crippen LogP) is 2.41. The molecule has 17 heavy (non-hydrogen) atoms. The molecule has 0 aliphatic rings. The predicted molar refractivity (Wildman–Crippen MR) is 64.6 cm³/mol. The number of carbonyl (C=O) groups is 1. The molecule has 0 unspecified atom stereocenters. The molecule has 2 aromatic heterocycles. The highest BCUT2D eigenvalue weighted by Gasteiger charge is 2.11. The van der Waals surface area contributed by atoms with Gasteiger partial charge in [-0.15, -0.1) is 11.3 Å². The Morgan fingerprint density at radius 1 is 1.29 bits per heavy atom. The van der Waals surface area contributed by atoms with Crippen LogP contribution in [-0.2, 0) is 0 Å². The molecule has 84 valence electrons. The van der Waals surface area contributed by atoms with Crippen molar-refractivity contribution in [3.05, 3.63) is 56.7 Å². The standard InChI is InChI=1S/C12H7NO3S/c14-11(10-2-1-5-17-10)7-3-4-8-9(6-7)16-12(15)13-8/h1-6H,(H,13,15). The van der Waals surface area contributed by atoms with Crippen molar-refractivity contribution in [2.75, 3.05) is 0 Å². The maximum atomic E-state index is 12.0. The molecule has 1 N–H and O–H groups in total. The van der Waals surface area contributed by atoms with Crippen LogP contribution in [0.2, 0.25) is 0 Å². The van der Waals surface area contributed by atoms with Crippen LogP contribution in [0.3, 0.4) is 0 Å². The summed E-state index contributed by atoms with van der Waals surface area (Å²) in [6.07, 6.45) is 0. The SMILES string of the molecule is O=C(c1ccc2[nH]c(=O)oc2c1)c1cccs1. The molecule has 0 atom stereocenters. The third-order valence-electron chi connectivity index (χ3n) is 2.43. The lowest BCUT2D eigenvalue weighted by Crippen LogP contribution is -1.97. The van der Waals surface area contributed by atoms with Crippen molar-refractivity contribution in [3.8, 4) is 0 Å². The summed E-state index contributed by atoms with van der Waals surface area (Å²) in [5, 5.41) is 1.85. The molecule has 0 saturated carbocycles. The number of hydrogen-bond acceptors (Lipinski definition) is 4. The van der Waals surface area contributed by atoms with Crippen molar-refractivity contribution < 1.29 is 9.21 Å². The number of hydrogen-bond donors (Lipinski definition) is 1. The molecule has 0 aliphatic carbocycles. The van der Waals surface area contributed by atoms with E-state index in [-0.39, 0.29) is 5.78 Å². The maximum Gasteiger partial charge on any atom is 0.417 e. The topological polar surface area (TPSA) is 63.1 Å². The lowest BCUT2D eigenvalue weighted by molar-refractivity contribution is 0.104. The first-order valence-corrected chi connectivity index (χ1v) is 5.83. The van der Waals surface area contributed by atoms with Crippen LogP contribution in [0.15, 0.2) is 44.9 Å². The molecule has 0 amide bonds. The van der Waals surface area contributed by atoms with Gasteiger partial charge in [0.15, 0.2) is 5.58 Å². The van der Waals surface area contributed by atoms with Crippen molar-refractivity contribution in [1.29, 1.82) is 0 Å². The van der Waals surface area contributed by atoms with Gasteiger partial charge >= 0.3 is 5.76 Å². The minimum absolute atomic E-state index is 0.0641. The molecule has 0 spiro atoms. The molecular weight excluding hydrogens is 238 g/mol. The van der Waals surface area contributed by atoms with E-state index in [1.54, 1.807) is 24.3 Å². The Labute approximate surface area is 99.5 Å². The Morgan fingerprint density at radius 3 is 2.94 bits per heavy atom. The highest BCUT2D eigenvalue weighted by atomic mass is 32.1. The zero-order valence-electron chi connectivity index (χ0n) is 8.60. The fourth-order valence-corrected chi connectivity index (χ4v) is 2.32. The van der Waals surface area contributed by atoms with E-state index in [4.69, 9.17) is 4.42 Å². The van der Waals surface area contributed by atoms with Gasteiger partial charge in [0.25, 0.3) is 0 Å². The fourth-order valence-electron chi connectivity index (χ4n) is 1.64. The van der Waals surface area contributed by atoms with Gasteiger partial charge in [-0.25, -0.2) is 4.79 Å². The Bertz CT molecular complexity index is 737. The number of nitrogens with one attached hydrogen (secondary N) is 1. The Balaban J connectivity index is 2.12. The number of ketones is 1. The minimum Gasteiger partial charge on any atom is -0.408 e. The third-order valence-corrected chi connectivity index (χ3v) is 3.30. The Kier molecular flexibility index (Phi) is 2.19. The largest absolute Gasteiger partial charge is 0.417 e. The number of carbonyl (C=O) groups excluding carboxylic acids is 1. The first-order chi connectivity index (χ1) is 8.24. The summed E-state index contributed by atoms with van der Waals surface area (Å²) in [5.74, 6) is -0.577. The van der Waals surface area contributed by atoms with E-state index in [1.807, 2.05) is 11.4 Å². The van der Waals surface area contributed by atoms with Crippen LogP contribution in [-0.4, -0.2) is 10.8 Å². The van der Waals surface area contributed by atoms with Crippen LogP contribution in [0.1, 0.15) is 15.2 Å². The Hall–Kier alpha value is -2.14. The van der Waals surface area contributed by atoms with Crippen molar-refractivity contribution >= 4 is 28.2 Å². The summed E-state index contributed by atoms with van der Waals surface area (Å²) < 4.78 is 4.92. The zero-order valence-corrected chi connectivity index (χ0v) is 9.41. The van der Waals surface area contributed by atoms with Crippen LogP contribution < -0.4 is 5.76 Å². The summed E-state index contributed by atoms with van der Waals surface area (Å²) in [5.41, 5.74) is 1.51. The quantitative estimate of drug-likeness (QED) is 0.705. The molecule has 3 rings (SSSR count).